The van der Waals surface area contributed by atoms with E-state index in [0.29, 0.717) is 27.5 Å². The number of benzene rings is 2. The van der Waals surface area contributed by atoms with Crippen LogP contribution >= 0.6 is 23.2 Å². The summed E-state index contributed by atoms with van der Waals surface area (Å²) in [6.07, 6.45) is -1.05. The van der Waals surface area contributed by atoms with Gasteiger partial charge in [-0.1, -0.05) is 23.2 Å². The Balaban J connectivity index is 2.54. The van der Waals surface area contributed by atoms with Crippen LogP contribution in [0.25, 0.3) is 0 Å². The number of rotatable bonds is 3. The zero-order chi connectivity index (χ0) is 14.9. The van der Waals surface area contributed by atoms with Crippen molar-refractivity contribution in [1.82, 2.24) is 0 Å². The Bertz CT molecular complexity index is 644. The lowest BCUT2D eigenvalue weighted by Crippen LogP contribution is -2.04. The lowest BCUT2D eigenvalue weighted by Gasteiger charge is -2.17. The van der Waals surface area contributed by atoms with Crippen molar-refractivity contribution < 1.29 is 14.2 Å². The lowest BCUT2D eigenvalue weighted by atomic mass is 9.99. The van der Waals surface area contributed by atoms with Crippen LogP contribution in [0.3, 0.4) is 0 Å². The molecule has 0 aliphatic carbocycles. The third-order valence-corrected chi connectivity index (χ3v) is 3.62. The van der Waals surface area contributed by atoms with Crippen LogP contribution in [-0.4, -0.2) is 12.2 Å². The van der Waals surface area contributed by atoms with E-state index in [0.717, 1.165) is 0 Å². The molecule has 0 saturated heterocycles. The number of hydrogen-bond donors (Lipinski definition) is 1. The van der Waals surface area contributed by atoms with Gasteiger partial charge in [0, 0.05) is 21.2 Å². The molecule has 2 aromatic rings. The van der Waals surface area contributed by atoms with Crippen LogP contribution in [0.2, 0.25) is 10.0 Å². The lowest BCUT2D eigenvalue weighted by molar-refractivity contribution is 0.214. The first-order valence-electron chi connectivity index (χ1n) is 5.91. The number of aryl methyl sites for hydroxylation is 1. The maximum atomic E-state index is 13.4. The van der Waals surface area contributed by atoms with Gasteiger partial charge >= 0.3 is 0 Å². The van der Waals surface area contributed by atoms with E-state index in [1.807, 2.05) is 0 Å². The molecule has 0 radical (unpaired) electrons. The molecule has 0 saturated carbocycles. The Morgan fingerprint density at radius 1 is 1.15 bits per heavy atom. The molecule has 2 nitrogen and oxygen atoms in total. The fourth-order valence-corrected chi connectivity index (χ4v) is 2.41. The van der Waals surface area contributed by atoms with Crippen LogP contribution in [0.15, 0.2) is 30.3 Å². The number of methoxy groups -OCH3 is 1. The molecular weight excluding hydrogens is 302 g/mol. The summed E-state index contributed by atoms with van der Waals surface area (Å²) < 4.78 is 18.6. The van der Waals surface area contributed by atoms with E-state index in [1.165, 1.54) is 19.2 Å². The van der Waals surface area contributed by atoms with E-state index in [9.17, 15) is 9.50 Å². The molecule has 2 rings (SSSR count). The molecule has 106 valence electrons. The van der Waals surface area contributed by atoms with E-state index in [4.69, 9.17) is 27.9 Å². The summed E-state index contributed by atoms with van der Waals surface area (Å²) in [5, 5.41) is 11.1. The quantitative estimate of drug-likeness (QED) is 0.901. The Kier molecular flexibility index (Phi) is 4.53. The van der Waals surface area contributed by atoms with Crippen LogP contribution in [0, 0.1) is 12.7 Å². The fraction of sp³-hybridized carbons (Fsp3) is 0.200. The Morgan fingerprint density at radius 2 is 1.85 bits per heavy atom. The second-order valence-electron chi connectivity index (χ2n) is 4.41. The highest BCUT2D eigenvalue weighted by molar-refractivity contribution is 6.31. The summed E-state index contributed by atoms with van der Waals surface area (Å²) in [5.74, 6) is 0.0731. The van der Waals surface area contributed by atoms with Gasteiger partial charge in [0.25, 0.3) is 0 Å². The van der Waals surface area contributed by atoms with E-state index in [-0.39, 0.29) is 5.02 Å². The van der Waals surface area contributed by atoms with Gasteiger partial charge in [-0.05, 0) is 42.8 Å². The summed E-state index contributed by atoms with van der Waals surface area (Å²) in [6, 6.07) is 7.62. The highest BCUT2D eigenvalue weighted by Gasteiger charge is 2.20. The molecule has 0 aliphatic rings. The highest BCUT2D eigenvalue weighted by atomic mass is 35.5. The molecule has 2 aromatic carbocycles. The maximum absolute atomic E-state index is 13.4. The monoisotopic (exact) mass is 314 g/mol. The number of aliphatic hydroxyl groups is 1. The van der Waals surface area contributed by atoms with Crippen molar-refractivity contribution in [3.8, 4) is 5.75 Å². The summed E-state index contributed by atoms with van der Waals surface area (Å²) in [7, 11) is 1.50. The first kappa shape index (κ1) is 15.1. The first-order chi connectivity index (χ1) is 9.43. The van der Waals surface area contributed by atoms with Crippen molar-refractivity contribution in [2.75, 3.05) is 7.11 Å². The van der Waals surface area contributed by atoms with Gasteiger partial charge < -0.3 is 9.84 Å². The molecule has 0 aliphatic heterocycles. The standard InChI is InChI=1S/C15H13Cl2FO2/c1-8-5-10(12(17)7-13(8)18)15(19)11-6-9(16)3-4-14(11)20-2/h3-7,15,19H,1-2H3. The minimum Gasteiger partial charge on any atom is -0.496 e. The van der Waals surface area contributed by atoms with Crippen molar-refractivity contribution in [2.45, 2.75) is 13.0 Å². The van der Waals surface area contributed by atoms with E-state index < -0.39 is 11.9 Å². The summed E-state index contributed by atoms with van der Waals surface area (Å²) in [5.41, 5.74) is 1.29. The SMILES string of the molecule is COc1ccc(Cl)cc1C(O)c1cc(C)c(F)cc1Cl. The van der Waals surface area contributed by atoms with Crippen molar-refractivity contribution in [3.05, 3.63) is 62.9 Å². The zero-order valence-corrected chi connectivity index (χ0v) is 12.5. The number of ether oxygens (including phenoxy) is 1. The van der Waals surface area contributed by atoms with Gasteiger partial charge in [0.05, 0.1) is 7.11 Å². The molecule has 1 unspecified atom stereocenters. The Labute approximate surface area is 126 Å². The van der Waals surface area contributed by atoms with Gasteiger partial charge in [-0.2, -0.15) is 0 Å². The molecule has 0 heterocycles. The molecule has 0 spiro atoms. The molecular formula is C15H13Cl2FO2. The minimum absolute atomic E-state index is 0.155. The van der Waals surface area contributed by atoms with Crippen LogP contribution in [-0.2, 0) is 0 Å². The van der Waals surface area contributed by atoms with Gasteiger partial charge in [0.1, 0.15) is 17.7 Å². The molecule has 1 atom stereocenters. The van der Waals surface area contributed by atoms with Crippen molar-refractivity contribution in [3.63, 3.8) is 0 Å². The van der Waals surface area contributed by atoms with Crippen molar-refractivity contribution in [1.29, 1.82) is 0 Å². The van der Waals surface area contributed by atoms with Crippen molar-refractivity contribution >= 4 is 23.2 Å². The molecule has 0 bridgehead atoms. The third kappa shape index (κ3) is 2.90. The Hall–Kier alpha value is -1.29. The summed E-state index contributed by atoms with van der Waals surface area (Å²) >= 11 is 11.9. The van der Waals surface area contributed by atoms with Crippen LogP contribution < -0.4 is 4.74 Å². The average Bonchev–Trinajstić information content (AvgIpc) is 2.42. The maximum Gasteiger partial charge on any atom is 0.127 e. The normalized spacial score (nSPS) is 12.3. The highest BCUT2D eigenvalue weighted by Crippen LogP contribution is 2.36. The van der Waals surface area contributed by atoms with Gasteiger partial charge in [0.2, 0.25) is 0 Å². The van der Waals surface area contributed by atoms with Crippen LogP contribution in [0.1, 0.15) is 22.8 Å². The first-order valence-corrected chi connectivity index (χ1v) is 6.66. The minimum atomic E-state index is -1.05. The predicted molar refractivity (Wildman–Crippen MR) is 78.2 cm³/mol. The second kappa shape index (κ2) is 6.00. The fourth-order valence-electron chi connectivity index (χ4n) is 1.98. The third-order valence-electron chi connectivity index (χ3n) is 3.06. The molecule has 0 amide bonds. The average molecular weight is 315 g/mol. The smallest absolute Gasteiger partial charge is 0.127 e. The number of aliphatic hydroxyl groups excluding tert-OH is 1. The zero-order valence-electron chi connectivity index (χ0n) is 11.0. The van der Waals surface area contributed by atoms with E-state index in [2.05, 4.69) is 0 Å². The predicted octanol–water partition coefficient (Wildman–Crippen LogP) is 4.53. The van der Waals surface area contributed by atoms with Crippen LogP contribution in [0.5, 0.6) is 5.75 Å². The Morgan fingerprint density at radius 3 is 2.50 bits per heavy atom. The van der Waals surface area contributed by atoms with Gasteiger partial charge in [0.15, 0.2) is 0 Å². The second-order valence-corrected chi connectivity index (χ2v) is 5.26. The number of halogens is 3. The van der Waals surface area contributed by atoms with Gasteiger partial charge in [-0.15, -0.1) is 0 Å². The van der Waals surface area contributed by atoms with Crippen LogP contribution in [0.4, 0.5) is 4.39 Å². The molecule has 0 aromatic heterocycles. The molecule has 20 heavy (non-hydrogen) atoms. The molecule has 1 N–H and O–H groups in total. The van der Waals surface area contributed by atoms with E-state index >= 15 is 0 Å². The van der Waals surface area contributed by atoms with Gasteiger partial charge in [-0.25, -0.2) is 4.39 Å². The van der Waals surface area contributed by atoms with E-state index in [1.54, 1.807) is 25.1 Å². The summed E-state index contributed by atoms with van der Waals surface area (Å²) in [6.45, 7) is 1.61. The number of hydrogen-bond acceptors (Lipinski definition) is 2. The summed E-state index contributed by atoms with van der Waals surface area (Å²) in [4.78, 5) is 0. The molecule has 5 heteroatoms. The largest absolute Gasteiger partial charge is 0.496 e. The van der Waals surface area contributed by atoms with Gasteiger partial charge in [-0.3, -0.25) is 0 Å². The molecule has 0 fully saturated rings. The topological polar surface area (TPSA) is 29.5 Å². The van der Waals surface area contributed by atoms with Crippen molar-refractivity contribution in [2.24, 2.45) is 0 Å².